The zero-order valence-electron chi connectivity index (χ0n) is 15.3. The lowest BCUT2D eigenvalue weighted by molar-refractivity contribution is 0.797. The molecule has 7 nitrogen and oxygen atoms in total. The third kappa shape index (κ3) is 2.72. The molecule has 0 saturated carbocycles. The van der Waals surface area contributed by atoms with Crippen LogP contribution in [0.15, 0.2) is 47.7 Å². The van der Waals surface area contributed by atoms with Crippen molar-refractivity contribution in [2.45, 2.75) is 26.7 Å². The summed E-state index contributed by atoms with van der Waals surface area (Å²) in [5.74, 6) is -0.0342. The SMILES string of the molecule is Cc1cccc(-n2cc(-c3nc4c(C#N)c[nH]n4c(=O)c3C(C)C)cn2)c1. The Morgan fingerprint density at radius 1 is 1.30 bits per heavy atom. The lowest BCUT2D eigenvalue weighted by Crippen LogP contribution is -2.22. The molecule has 0 fully saturated rings. The highest BCUT2D eigenvalue weighted by Crippen LogP contribution is 2.26. The smallest absolute Gasteiger partial charge is 0.276 e. The van der Waals surface area contributed by atoms with E-state index in [9.17, 15) is 10.1 Å². The van der Waals surface area contributed by atoms with Gasteiger partial charge in [-0.25, -0.2) is 14.2 Å². The first-order valence-electron chi connectivity index (χ1n) is 8.66. The molecule has 0 aliphatic rings. The maximum Gasteiger partial charge on any atom is 0.276 e. The second kappa shape index (κ2) is 6.25. The molecule has 0 spiro atoms. The second-order valence-corrected chi connectivity index (χ2v) is 6.80. The monoisotopic (exact) mass is 358 g/mol. The van der Waals surface area contributed by atoms with Crippen molar-refractivity contribution in [1.82, 2.24) is 24.4 Å². The third-order valence-electron chi connectivity index (χ3n) is 4.52. The van der Waals surface area contributed by atoms with Crippen molar-refractivity contribution in [2.75, 3.05) is 0 Å². The quantitative estimate of drug-likeness (QED) is 0.609. The molecule has 0 amide bonds. The minimum Gasteiger partial charge on any atom is -0.295 e. The highest BCUT2D eigenvalue weighted by Gasteiger charge is 2.20. The normalized spacial score (nSPS) is 11.2. The minimum atomic E-state index is -0.199. The molecule has 7 heteroatoms. The number of benzene rings is 1. The van der Waals surface area contributed by atoms with Crippen LogP contribution in [0.5, 0.6) is 0 Å². The Morgan fingerprint density at radius 3 is 2.81 bits per heavy atom. The fourth-order valence-corrected chi connectivity index (χ4v) is 3.21. The zero-order valence-corrected chi connectivity index (χ0v) is 15.3. The Hall–Kier alpha value is -3.66. The predicted octanol–water partition coefficient (Wildman–Crippen LogP) is 3.18. The van der Waals surface area contributed by atoms with Gasteiger partial charge >= 0.3 is 0 Å². The molecular formula is C20H18N6O. The van der Waals surface area contributed by atoms with Crippen molar-refractivity contribution in [3.63, 3.8) is 0 Å². The molecule has 4 rings (SSSR count). The summed E-state index contributed by atoms with van der Waals surface area (Å²) in [6.45, 7) is 5.93. The molecule has 0 radical (unpaired) electrons. The molecule has 3 aromatic heterocycles. The summed E-state index contributed by atoms with van der Waals surface area (Å²) >= 11 is 0. The van der Waals surface area contributed by atoms with Crippen molar-refractivity contribution in [3.8, 4) is 23.0 Å². The average molecular weight is 358 g/mol. The van der Waals surface area contributed by atoms with Crippen molar-refractivity contribution in [2.24, 2.45) is 0 Å². The van der Waals surface area contributed by atoms with E-state index in [4.69, 9.17) is 0 Å². The molecule has 27 heavy (non-hydrogen) atoms. The van der Waals surface area contributed by atoms with E-state index in [0.717, 1.165) is 16.8 Å². The van der Waals surface area contributed by atoms with Gasteiger partial charge in [-0.05, 0) is 30.5 Å². The molecule has 0 atom stereocenters. The maximum absolute atomic E-state index is 13.0. The first-order chi connectivity index (χ1) is 13.0. The van der Waals surface area contributed by atoms with Crippen LogP contribution in [-0.4, -0.2) is 24.4 Å². The van der Waals surface area contributed by atoms with Gasteiger partial charge in [0.15, 0.2) is 5.65 Å². The first-order valence-corrected chi connectivity index (χ1v) is 8.66. The summed E-state index contributed by atoms with van der Waals surface area (Å²) in [7, 11) is 0. The fraction of sp³-hybridized carbons (Fsp3) is 0.200. The number of nitriles is 1. The van der Waals surface area contributed by atoms with Gasteiger partial charge in [0.05, 0.1) is 17.6 Å². The van der Waals surface area contributed by atoms with Gasteiger partial charge in [-0.15, -0.1) is 0 Å². The van der Waals surface area contributed by atoms with Crippen LogP contribution in [0.3, 0.4) is 0 Å². The van der Waals surface area contributed by atoms with Gasteiger partial charge in [-0.3, -0.25) is 9.89 Å². The number of rotatable bonds is 3. The zero-order chi connectivity index (χ0) is 19.1. The Kier molecular flexibility index (Phi) is 3.89. The van der Waals surface area contributed by atoms with Gasteiger partial charge < -0.3 is 0 Å². The van der Waals surface area contributed by atoms with E-state index in [-0.39, 0.29) is 11.5 Å². The predicted molar refractivity (Wildman–Crippen MR) is 102 cm³/mol. The number of aromatic nitrogens is 5. The second-order valence-electron chi connectivity index (χ2n) is 6.80. The van der Waals surface area contributed by atoms with Crippen LogP contribution in [0.25, 0.3) is 22.6 Å². The Bertz CT molecular complexity index is 1250. The van der Waals surface area contributed by atoms with Crippen LogP contribution in [0, 0.1) is 18.3 Å². The lowest BCUT2D eigenvalue weighted by atomic mass is 10.00. The highest BCUT2D eigenvalue weighted by atomic mass is 16.1. The van der Waals surface area contributed by atoms with Gasteiger partial charge in [0.2, 0.25) is 0 Å². The summed E-state index contributed by atoms with van der Waals surface area (Å²) in [4.78, 5) is 17.6. The van der Waals surface area contributed by atoms with Crippen LogP contribution in [0.4, 0.5) is 0 Å². The summed E-state index contributed by atoms with van der Waals surface area (Å²) in [6.07, 6.45) is 5.05. The molecule has 4 aromatic rings. The molecular weight excluding hydrogens is 340 g/mol. The molecule has 0 aliphatic carbocycles. The van der Waals surface area contributed by atoms with Gasteiger partial charge in [0.25, 0.3) is 5.56 Å². The van der Waals surface area contributed by atoms with E-state index in [2.05, 4.69) is 21.3 Å². The molecule has 0 unspecified atom stereocenters. The van der Waals surface area contributed by atoms with Gasteiger partial charge in [0.1, 0.15) is 11.6 Å². The number of nitrogens with zero attached hydrogens (tertiary/aromatic N) is 5. The van der Waals surface area contributed by atoms with Crippen molar-refractivity contribution in [1.29, 1.82) is 5.26 Å². The van der Waals surface area contributed by atoms with Crippen LogP contribution in [0.2, 0.25) is 0 Å². The van der Waals surface area contributed by atoms with Crippen molar-refractivity contribution in [3.05, 3.63) is 69.9 Å². The number of hydrogen-bond donors (Lipinski definition) is 1. The van der Waals surface area contributed by atoms with Gasteiger partial charge in [-0.2, -0.15) is 10.4 Å². The highest BCUT2D eigenvalue weighted by molar-refractivity contribution is 5.67. The Morgan fingerprint density at radius 2 is 2.11 bits per heavy atom. The van der Waals surface area contributed by atoms with Crippen molar-refractivity contribution >= 4 is 5.65 Å². The number of hydrogen-bond acceptors (Lipinski definition) is 4. The van der Waals surface area contributed by atoms with Crippen LogP contribution in [-0.2, 0) is 0 Å². The molecule has 134 valence electrons. The summed E-state index contributed by atoms with van der Waals surface area (Å²) in [5.41, 5.74) is 4.41. The molecule has 0 bridgehead atoms. The summed E-state index contributed by atoms with van der Waals surface area (Å²) < 4.78 is 3.08. The van der Waals surface area contributed by atoms with Gasteiger partial charge in [-0.1, -0.05) is 26.0 Å². The van der Waals surface area contributed by atoms with Crippen LogP contribution < -0.4 is 5.56 Å². The Balaban J connectivity index is 1.95. The number of H-pyrrole nitrogens is 1. The van der Waals surface area contributed by atoms with E-state index >= 15 is 0 Å². The molecule has 0 aliphatic heterocycles. The molecule has 0 saturated heterocycles. The average Bonchev–Trinajstić information content (AvgIpc) is 3.28. The van der Waals surface area contributed by atoms with Crippen LogP contribution >= 0.6 is 0 Å². The van der Waals surface area contributed by atoms with E-state index in [1.54, 1.807) is 10.9 Å². The number of nitrogens with one attached hydrogen (secondary N) is 1. The Labute approximate surface area is 155 Å². The minimum absolute atomic E-state index is 0.0342. The number of aryl methyl sites for hydroxylation is 1. The van der Waals surface area contributed by atoms with E-state index in [1.165, 1.54) is 10.7 Å². The number of aromatic amines is 1. The molecule has 1 aromatic carbocycles. The van der Waals surface area contributed by atoms with Crippen molar-refractivity contribution < 1.29 is 0 Å². The topological polar surface area (TPSA) is 91.8 Å². The van der Waals surface area contributed by atoms with E-state index in [0.29, 0.717) is 22.5 Å². The molecule has 1 N–H and O–H groups in total. The van der Waals surface area contributed by atoms with E-state index < -0.39 is 0 Å². The standard InChI is InChI=1S/C20H18N6O/c1-12(2)17-18(24-19-14(8-21)9-23-26(19)20(17)27)15-10-22-25(11-15)16-6-4-5-13(3)7-16/h4-7,9-12,23H,1-3H3. The van der Waals surface area contributed by atoms with Gasteiger partial charge in [0, 0.05) is 23.5 Å². The van der Waals surface area contributed by atoms with Crippen LogP contribution in [0.1, 0.15) is 36.5 Å². The largest absolute Gasteiger partial charge is 0.295 e. The first kappa shape index (κ1) is 16.8. The summed E-state index contributed by atoms with van der Waals surface area (Å²) in [5, 5.41) is 16.5. The number of fused-ring (bicyclic) bond motifs is 1. The lowest BCUT2D eigenvalue weighted by Gasteiger charge is -2.10. The maximum atomic E-state index is 13.0. The third-order valence-corrected chi connectivity index (χ3v) is 4.52. The molecule has 3 heterocycles. The van der Waals surface area contributed by atoms with E-state index in [1.807, 2.05) is 51.2 Å². The fourth-order valence-electron chi connectivity index (χ4n) is 3.21. The summed E-state index contributed by atoms with van der Waals surface area (Å²) in [6, 6.07) is 10.1.